The molecule has 0 aliphatic rings. The summed E-state index contributed by atoms with van der Waals surface area (Å²) in [6, 6.07) is 4.12. The summed E-state index contributed by atoms with van der Waals surface area (Å²) in [6.07, 6.45) is 0.378. The van der Waals surface area contributed by atoms with Gasteiger partial charge >= 0.3 is 5.97 Å². The smallest absolute Gasteiger partial charge is 0.303 e. The van der Waals surface area contributed by atoms with Crippen molar-refractivity contribution in [2.24, 2.45) is 0 Å². The topological polar surface area (TPSA) is 86.6 Å². The van der Waals surface area contributed by atoms with Crippen molar-refractivity contribution in [2.75, 3.05) is 6.54 Å². The fraction of sp³-hybridized carbons (Fsp3) is 0.273. The van der Waals surface area contributed by atoms with Crippen molar-refractivity contribution in [2.45, 2.75) is 12.8 Å². The van der Waals surface area contributed by atoms with Gasteiger partial charge in [0.2, 0.25) is 0 Å². The van der Waals surface area contributed by atoms with Gasteiger partial charge in [-0.25, -0.2) is 0 Å². The van der Waals surface area contributed by atoms with Crippen LogP contribution in [0.15, 0.2) is 18.2 Å². The summed E-state index contributed by atoms with van der Waals surface area (Å²) in [5, 5.41) is 20.2. The van der Waals surface area contributed by atoms with Crippen LogP contribution in [-0.2, 0) is 4.79 Å². The molecule has 0 spiro atoms. The molecule has 1 aromatic rings. The van der Waals surface area contributed by atoms with Gasteiger partial charge in [-0.3, -0.25) is 9.59 Å². The van der Waals surface area contributed by atoms with Gasteiger partial charge in [0.15, 0.2) is 0 Å². The zero-order valence-electron chi connectivity index (χ0n) is 8.94. The average Bonchev–Trinajstić information content (AvgIpc) is 2.27. The molecule has 6 heteroatoms. The molecule has 0 saturated heterocycles. The van der Waals surface area contributed by atoms with Crippen LogP contribution in [0.25, 0.3) is 0 Å². The highest BCUT2D eigenvalue weighted by Crippen LogP contribution is 2.23. The standard InChI is InChI=1S/C11H12ClNO4/c12-8-6-7(3-4-9(8)14)11(17)13-5-1-2-10(15)16/h3-4,6,14H,1-2,5H2,(H,13,17)(H,15,16). The van der Waals surface area contributed by atoms with E-state index in [0.717, 1.165) is 0 Å². The minimum atomic E-state index is -0.896. The first-order chi connectivity index (χ1) is 8.00. The number of phenols is 1. The van der Waals surface area contributed by atoms with Gasteiger partial charge < -0.3 is 15.5 Å². The van der Waals surface area contributed by atoms with Crippen molar-refractivity contribution in [3.8, 4) is 5.75 Å². The molecule has 0 unspecified atom stereocenters. The first kappa shape index (κ1) is 13.3. The molecule has 0 aliphatic heterocycles. The summed E-state index contributed by atoms with van der Waals surface area (Å²) in [4.78, 5) is 21.8. The molecule has 0 bridgehead atoms. The molecule has 17 heavy (non-hydrogen) atoms. The quantitative estimate of drug-likeness (QED) is 0.700. The number of carbonyl (C=O) groups is 2. The van der Waals surface area contributed by atoms with Crippen LogP contribution in [0.5, 0.6) is 5.75 Å². The minimum absolute atomic E-state index is 0.0105. The third-order valence-electron chi connectivity index (χ3n) is 2.06. The number of phenolic OH excluding ortho intramolecular Hbond substituents is 1. The lowest BCUT2D eigenvalue weighted by atomic mass is 10.2. The molecule has 1 rings (SSSR count). The van der Waals surface area contributed by atoms with Gasteiger partial charge in [0, 0.05) is 18.5 Å². The molecular weight excluding hydrogens is 246 g/mol. The summed E-state index contributed by atoms with van der Waals surface area (Å²) in [7, 11) is 0. The normalized spacial score (nSPS) is 9.94. The van der Waals surface area contributed by atoms with E-state index in [1.165, 1.54) is 18.2 Å². The highest BCUT2D eigenvalue weighted by molar-refractivity contribution is 6.32. The maximum atomic E-state index is 11.6. The van der Waals surface area contributed by atoms with Crippen LogP contribution in [0.2, 0.25) is 5.02 Å². The zero-order chi connectivity index (χ0) is 12.8. The summed E-state index contributed by atoms with van der Waals surface area (Å²) in [5.74, 6) is -1.33. The predicted molar refractivity (Wildman–Crippen MR) is 62.3 cm³/mol. The van der Waals surface area contributed by atoms with Crippen molar-refractivity contribution in [3.63, 3.8) is 0 Å². The van der Waals surface area contributed by atoms with Gasteiger partial charge in [0.1, 0.15) is 5.75 Å². The van der Waals surface area contributed by atoms with Gasteiger partial charge in [0.25, 0.3) is 5.91 Å². The van der Waals surface area contributed by atoms with Crippen LogP contribution in [0.3, 0.4) is 0 Å². The van der Waals surface area contributed by atoms with Gasteiger partial charge in [-0.05, 0) is 24.6 Å². The molecule has 1 aromatic carbocycles. The number of aliphatic carboxylic acids is 1. The van der Waals surface area contributed by atoms with Crippen molar-refractivity contribution in [3.05, 3.63) is 28.8 Å². The van der Waals surface area contributed by atoms with Gasteiger partial charge in [-0.15, -0.1) is 0 Å². The molecule has 0 atom stereocenters. The number of hydrogen-bond acceptors (Lipinski definition) is 3. The van der Waals surface area contributed by atoms with Crippen LogP contribution in [-0.4, -0.2) is 28.6 Å². The number of nitrogens with one attached hydrogen (secondary N) is 1. The lowest BCUT2D eigenvalue weighted by molar-refractivity contribution is -0.137. The number of amides is 1. The molecule has 92 valence electrons. The summed E-state index contributed by atoms with van der Waals surface area (Å²) in [6.45, 7) is 0.281. The van der Waals surface area contributed by atoms with E-state index >= 15 is 0 Å². The Morgan fingerprint density at radius 2 is 2.06 bits per heavy atom. The van der Waals surface area contributed by atoms with E-state index in [1.807, 2.05) is 0 Å². The molecule has 0 saturated carbocycles. The molecule has 3 N–H and O–H groups in total. The largest absolute Gasteiger partial charge is 0.506 e. The van der Waals surface area contributed by atoms with Gasteiger partial charge in [-0.2, -0.15) is 0 Å². The fourth-order valence-corrected chi connectivity index (χ4v) is 1.37. The second-order valence-electron chi connectivity index (χ2n) is 3.42. The van der Waals surface area contributed by atoms with E-state index in [-0.39, 0.29) is 29.6 Å². The molecular formula is C11H12ClNO4. The number of carbonyl (C=O) groups excluding carboxylic acids is 1. The first-order valence-corrected chi connectivity index (χ1v) is 5.37. The van der Waals surface area contributed by atoms with E-state index in [9.17, 15) is 14.7 Å². The van der Waals surface area contributed by atoms with Crippen LogP contribution in [0.4, 0.5) is 0 Å². The second kappa shape index (κ2) is 6.10. The Bertz CT molecular complexity index is 433. The third-order valence-corrected chi connectivity index (χ3v) is 2.37. The molecule has 1 amide bonds. The van der Waals surface area contributed by atoms with E-state index in [1.54, 1.807) is 0 Å². The Balaban J connectivity index is 2.47. The number of hydrogen-bond donors (Lipinski definition) is 3. The number of benzene rings is 1. The number of carboxylic acid groups (broad SMARTS) is 1. The lowest BCUT2D eigenvalue weighted by Gasteiger charge is -2.05. The van der Waals surface area contributed by atoms with Crippen molar-refractivity contribution in [1.29, 1.82) is 0 Å². The van der Waals surface area contributed by atoms with E-state index < -0.39 is 5.97 Å². The van der Waals surface area contributed by atoms with Gasteiger partial charge in [0.05, 0.1) is 5.02 Å². The Morgan fingerprint density at radius 1 is 1.35 bits per heavy atom. The van der Waals surface area contributed by atoms with Crippen LogP contribution < -0.4 is 5.32 Å². The van der Waals surface area contributed by atoms with Crippen molar-refractivity contribution < 1.29 is 19.8 Å². The maximum Gasteiger partial charge on any atom is 0.303 e. The molecule has 0 aliphatic carbocycles. The fourth-order valence-electron chi connectivity index (χ4n) is 1.19. The number of rotatable bonds is 5. The predicted octanol–water partition coefficient (Wildman–Crippen LogP) is 1.64. The molecule has 0 heterocycles. The zero-order valence-corrected chi connectivity index (χ0v) is 9.70. The van der Waals surface area contributed by atoms with E-state index in [4.69, 9.17) is 16.7 Å². The van der Waals surface area contributed by atoms with Crippen LogP contribution in [0.1, 0.15) is 23.2 Å². The number of halogens is 1. The maximum absolute atomic E-state index is 11.6. The third kappa shape index (κ3) is 4.32. The number of carboxylic acids is 1. The second-order valence-corrected chi connectivity index (χ2v) is 3.83. The van der Waals surface area contributed by atoms with Crippen molar-refractivity contribution >= 4 is 23.5 Å². The summed E-state index contributed by atoms with van der Waals surface area (Å²) >= 11 is 5.65. The van der Waals surface area contributed by atoms with Crippen molar-refractivity contribution in [1.82, 2.24) is 5.32 Å². The summed E-state index contributed by atoms with van der Waals surface area (Å²) in [5.41, 5.74) is 0.322. The van der Waals surface area contributed by atoms with Crippen LogP contribution >= 0.6 is 11.6 Å². The molecule has 5 nitrogen and oxygen atoms in total. The molecule has 0 fully saturated rings. The average molecular weight is 258 g/mol. The Hall–Kier alpha value is -1.75. The lowest BCUT2D eigenvalue weighted by Crippen LogP contribution is -2.24. The molecule has 0 aromatic heterocycles. The SMILES string of the molecule is O=C(O)CCCNC(=O)c1ccc(O)c(Cl)c1. The van der Waals surface area contributed by atoms with E-state index in [0.29, 0.717) is 12.0 Å². The summed E-state index contributed by atoms with van der Waals surface area (Å²) < 4.78 is 0. The highest BCUT2D eigenvalue weighted by atomic mass is 35.5. The Labute approximate surface area is 103 Å². The monoisotopic (exact) mass is 257 g/mol. The van der Waals surface area contributed by atoms with Gasteiger partial charge in [-0.1, -0.05) is 11.6 Å². The number of aromatic hydroxyl groups is 1. The first-order valence-electron chi connectivity index (χ1n) is 4.99. The van der Waals surface area contributed by atoms with E-state index in [2.05, 4.69) is 5.32 Å². The Kier molecular flexibility index (Phi) is 4.78. The molecule has 0 radical (unpaired) electrons. The Morgan fingerprint density at radius 3 is 2.65 bits per heavy atom. The van der Waals surface area contributed by atoms with Crippen LogP contribution in [0, 0.1) is 0 Å². The minimum Gasteiger partial charge on any atom is -0.506 e. The highest BCUT2D eigenvalue weighted by Gasteiger charge is 2.07.